The summed E-state index contributed by atoms with van der Waals surface area (Å²) in [6, 6.07) is 2.35. The third-order valence-corrected chi connectivity index (χ3v) is 4.56. The van der Waals surface area contributed by atoms with Gasteiger partial charge in [-0.2, -0.15) is 0 Å². The minimum absolute atomic E-state index is 0.0266. The highest BCUT2D eigenvalue weighted by atomic mass is 15.2. The third kappa shape index (κ3) is 2.96. The number of hydrogen-bond donors (Lipinski definition) is 2. The zero-order valence-corrected chi connectivity index (χ0v) is 13.2. The van der Waals surface area contributed by atoms with Crippen LogP contribution in [0, 0.1) is 6.92 Å². The van der Waals surface area contributed by atoms with Crippen molar-refractivity contribution in [2.24, 2.45) is 0 Å². The van der Waals surface area contributed by atoms with E-state index in [1.807, 2.05) is 13.2 Å². The fourth-order valence-electron chi connectivity index (χ4n) is 3.38. The Balaban J connectivity index is 2.32. The molecule has 1 saturated heterocycles. The summed E-state index contributed by atoms with van der Waals surface area (Å²) in [6.07, 6.45) is 5.77. The molecular weight excluding hydrogens is 248 g/mol. The van der Waals surface area contributed by atoms with Gasteiger partial charge in [-0.3, -0.25) is 4.90 Å². The fourth-order valence-corrected chi connectivity index (χ4v) is 3.38. The minimum atomic E-state index is 0.0266. The van der Waals surface area contributed by atoms with Crippen LogP contribution >= 0.6 is 0 Å². The Morgan fingerprint density at radius 1 is 1.30 bits per heavy atom. The summed E-state index contributed by atoms with van der Waals surface area (Å²) in [7, 11) is 2.01. The molecule has 1 unspecified atom stereocenters. The van der Waals surface area contributed by atoms with E-state index < -0.39 is 0 Å². The summed E-state index contributed by atoms with van der Waals surface area (Å²) in [5.41, 5.74) is 8.42. The first-order valence-electron chi connectivity index (χ1n) is 7.61. The van der Waals surface area contributed by atoms with E-state index >= 15 is 0 Å². The number of anilines is 1. The van der Waals surface area contributed by atoms with Crippen molar-refractivity contribution in [2.45, 2.75) is 51.6 Å². The van der Waals surface area contributed by atoms with Gasteiger partial charge >= 0.3 is 0 Å². The molecule has 1 aromatic rings. The smallest absolute Gasteiger partial charge is 0.128 e. The number of nitrogens with zero attached hydrogens (tertiary/aromatic N) is 2. The van der Waals surface area contributed by atoms with Gasteiger partial charge in [0, 0.05) is 17.3 Å². The van der Waals surface area contributed by atoms with Crippen LogP contribution in [0.25, 0.3) is 0 Å². The summed E-state index contributed by atoms with van der Waals surface area (Å²) in [5.74, 6) is 0.639. The molecule has 3 N–H and O–H groups in total. The molecule has 1 atom stereocenters. The summed E-state index contributed by atoms with van der Waals surface area (Å²) in [5, 5.41) is 3.46. The van der Waals surface area contributed by atoms with Crippen molar-refractivity contribution >= 4 is 5.82 Å². The second-order valence-corrected chi connectivity index (χ2v) is 6.41. The normalized spacial score (nSPS) is 19.0. The highest BCUT2D eigenvalue weighted by molar-refractivity contribution is 5.44. The molecule has 112 valence electrons. The lowest BCUT2D eigenvalue weighted by Crippen LogP contribution is -2.53. The molecule has 4 heteroatoms. The molecule has 4 nitrogen and oxygen atoms in total. The molecule has 1 fully saturated rings. The number of nitrogens with one attached hydrogen (secondary N) is 1. The van der Waals surface area contributed by atoms with Gasteiger partial charge in [-0.25, -0.2) is 4.98 Å². The monoisotopic (exact) mass is 276 g/mol. The van der Waals surface area contributed by atoms with E-state index in [4.69, 9.17) is 5.73 Å². The highest BCUT2D eigenvalue weighted by Crippen LogP contribution is 2.35. The minimum Gasteiger partial charge on any atom is -0.383 e. The molecule has 1 aliphatic heterocycles. The van der Waals surface area contributed by atoms with Crippen LogP contribution in [0.3, 0.4) is 0 Å². The zero-order valence-electron chi connectivity index (χ0n) is 13.2. The van der Waals surface area contributed by atoms with Crippen LogP contribution < -0.4 is 11.1 Å². The maximum Gasteiger partial charge on any atom is 0.128 e. The largest absolute Gasteiger partial charge is 0.383 e. The summed E-state index contributed by atoms with van der Waals surface area (Å²) < 4.78 is 0. The average molecular weight is 276 g/mol. The lowest BCUT2D eigenvalue weighted by molar-refractivity contribution is 0.0634. The maximum atomic E-state index is 6.12. The first-order valence-corrected chi connectivity index (χ1v) is 7.61. The predicted molar refractivity (Wildman–Crippen MR) is 84.7 cm³/mol. The molecule has 20 heavy (non-hydrogen) atoms. The van der Waals surface area contributed by atoms with Gasteiger partial charge in [-0.1, -0.05) is 6.42 Å². The molecule has 2 heterocycles. The maximum absolute atomic E-state index is 6.12. The van der Waals surface area contributed by atoms with Crippen molar-refractivity contribution < 1.29 is 0 Å². The number of piperidine rings is 1. The second kappa shape index (κ2) is 6.10. The Labute approximate surface area is 122 Å². The number of nitrogens with two attached hydrogens (primary N) is 1. The number of nitrogen functional groups attached to an aromatic ring is 1. The van der Waals surface area contributed by atoms with Crippen LogP contribution in [0.2, 0.25) is 0 Å². The number of pyridine rings is 1. The van der Waals surface area contributed by atoms with Crippen LogP contribution in [0.4, 0.5) is 5.82 Å². The van der Waals surface area contributed by atoms with Crippen LogP contribution in [0.15, 0.2) is 12.3 Å². The Hall–Kier alpha value is -1.13. The van der Waals surface area contributed by atoms with E-state index in [-0.39, 0.29) is 11.6 Å². The number of rotatable bonds is 4. The van der Waals surface area contributed by atoms with Crippen LogP contribution in [0.1, 0.15) is 50.3 Å². The second-order valence-electron chi connectivity index (χ2n) is 6.41. The molecule has 0 saturated carbocycles. The first kappa shape index (κ1) is 15.3. The topological polar surface area (TPSA) is 54.2 Å². The van der Waals surface area contributed by atoms with Crippen LogP contribution in [-0.4, -0.2) is 35.6 Å². The van der Waals surface area contributed by atoms with E-state index in [0.29, 0.717) is 5.82 Å². The van der Waals surface area contributed by atoms with Gasteiger partial charge in [0.15, 0.2) is 0 Å². The first-order chi connectivity index (χ1) is 9.46. The number of likely N-dealkylation sites (N-methyl/N-ethyl adjacent to an activating group) is 1. The number of aromatic nitrogens is 1. The van der Waals surface area contributed by atoms with Gasteiger partial charge in [-0.15, -0.1) is 0 Å². The van der Waals surface area contributed by atoms with E-state index in [2.05, 4.69) is 42.0 Å². The number of hydrogen-bond acceptors (Lipinski definition) is 4. The van der Waals surface area contributed by atoms with Crippen molar-refractivity contribution in [3.05, 3.63) is 23.4 Å². The van der Waals surface area contributed by atoms with Crippen LogP contribution in [-0.2, 0) is 0 Å². The molecular formula is C16H28N4. The summed E-state index contributed by atoms with van der Waals surface area (Å²) in [4.78, 5) is 6.91. The summed E-state index contributed by atoms with van der Waals surface area (Å²) >= 11 is 0. The van der Waals surface area contributed by atoms with Gasteiger partial charge < -0.3 is 11.1 Å². The van der Waals surface area contributed by atoms with E-state index in [1.165, 1.54) is 32.4 Å². The Morgan fingerprint density at radius 2 is 1.95 bits per heavy atom. The molecule has 0 aliphatic carbocycles. The van der Waals surface area contributed by atoms with Gasteiger partial charge in [0.25, 0.3) is 0 Å². The molecule has 1 aromatic heterocycles. The van der Waals surface area contributed by atoms with Crippen molar-refractivity contribution in [3.8, 4) is 0 Å². The average Bonchev–Trinajstić information content (AvgIpc) is 2.44. The Kier molecular flexibility index (Phi) is 4.66. The number of aryl methyl sites for hydroxylation is 1. The van der Waals surface area contributed by atoms with Gasteiger partial charge in [0.1, 0.15) is 5.82 Å². The zero-order chi connectivity index (χ0) is 14.8. The SMILES string of the molecule is CNC(c1cc(C)cnc1N)C(C)(C)N1CCCCC1. The van der Waals surface area contributed by atoms with Gasteiger partial charge in [0.05, 0.1) is 6.04 Å². The predicted octanol–water partition coefficient (Wildman–Crippen LogP) is 2.50. The third-order valence-electron chi connectivity index (χ3n) is 4.56. The molecule has 0 amide bonds. The molecule has 1 aliphatic rings. The van der Waals surface area contributed by atoms with Crippen LogP contribution in [0.5, 0.6) is 0 Å². The standard InChI is InChI=1S/C16H28N4/c1-12-10-13(15(17)19-11-12)14(18-4)16(2,3)20-8-6-5-7-9-20/h10-11,14,18H,5-9H2,1-4H3,(H2,17,19). The fraction of sp³-hybridized carbons (Fsp3) is 0.688. The molecule has 0 aromatic carbocycles. The van der Waals surface area contributed by atoms with Gasteiger partial charge in [-0.05, 0) is 65.4 Å². The highest BCUT2D eigenvalue weighted by Gasteiger charge is 2.37. The van der Waals surface area contributed by atoms with E-state index in [1.54, 1.807) is 0 Å². The molecule has 0 bridgehead atoms. The van der Waals surface area contributed by atoms with Crippen molar-refractivity contribution in [1.82, 2.24) is 15.2 Å². The molecule has 0 spiro atoms. The van der Waals surface area contributed by atoms with Crippen molar-refractivity contribution in [2.75, 3.05) is 25.9 Å². The quantitative estimate of drug-likeness (QED) is 0.887. The summed E-state index contributed by atoms with van der Waals surface area (Å²) in [6.45, 7) is 9.02. The van der Waals surface area contributed by atoms with Crippen molar-refractivity contribution in [1.29, 1.82) is 0 Å². The Morgan fingerprint density at radius 3 is 2.55 bits per heavy atom. The molecule has 2 rings (SSSR count). The molecule has 0 radical (unpaired) electrons. The van der Waals surface area contributed by atoms with Crippen molar-refractivity contribution in [3.63, 3.8) is 0 Å². The van der Waals surface area contributed by atoms with Gasteiger partial charge in [0.2, 0.25) is 0 Å². The lowest BCUT2D eigenvalue weighted by atomic mass is 9.85. The van der Waals surface area contributed by atoms with E-state index in [9.17, 15) is 0 Å². The number of likely N-dealkylation sites (tertiary alicyclic amines) is 1. The Bertz CT molecular complexity index is 450. The lowest BCUT2D eigenvalue weighted by Gasteiger charge is -2.46. The van der Waals surface area contributed by atoms with E-state index in [0.717, 1.165) is 11.1 Å².